The van der Waals surface area contributed by atoms with E-state index in [1.807, 2.05) is 36.4 Å². The van der Waals surface area contributed by atoms with E-state index in [2.05, 4.69) is 79.9 Å². The number of aromatic nitrogens is 2. The molecule has 7 aromatic rings. The summed E-state index contributed by atoms with van der Waals surface area (Å²) < 4.78 is 32.0. The van der Waals surface area contributed by atoms with Crippen molar-refractivity contribution < 1.29 is 8.53 Å². The number of hydrogen-bond donors (Lipinski definition) is 0. The van der Waals surface area contributed by atoms with Crippen LogP contribution in [0.15, 0.2) is 114 Å². The summed E-state index contributed by atoms with van der Waals surface area (Å²) in [5.41, 5.74) is 9.02. The topological polar surface area (TPSA) is 31.0 Å². The summed E-state index contributed by atoms with van der Waals surface area (Å²) in [6.07, 6.45) is 0. The van der Waals surface area contributed by atoms with Gasteiger partial charge in [0, 0.05) is 20.4 Å². The van der Waals surface area contributed by atoms with E-state index in [0.717, 1.165) is 38.9 Å². The molecule has 2 heterocycles. The first-order chi connectivity index (χ1) is 20.1. The Morgan fingerprint density at radius 2 is 1.41 bits per heavy atom. The summed E-state index contributed by atoms with van der Waals surface area (Å²) in [4.78, 5) is 5.13. The predicted octanol–water partition coefficient (Wildman–Crippen LogP) is 9.86. The molecule has 0 saturated heterocycles. The Morgan fingerprint density at radius 3 is 2.21 bits per heavy atom. The lowest BCUT2D eigenvalue weighted by molar-refractivity contribution is 0.587. The summed E-state index contributed by atoms with van der Waals surface area (Å²) in [7, 11) is 0. The Kier molecular flexibility index (Phi) is 4.54. The Bertz CT molecular complexity index is 2110. The van der Waals surface area contributed by atoms with Gasteiger partial charge in [0.15, 0.2) is 0 Å². The molecule has 0 fully saturated rings. The zero-order valence-corrected chi connectivity index (χ0v) is 22.2. The van der Waals surface area contributed by atoms with Gasteiger partial charge in [-0.15, -0.1) is 0 Å². The highest BCUT2D eigenvalue weighted by atomic mass is 16.3. The van der Waals surface area contributed by atoms with E-state index < -0.39 is 6.85 Å². The van der Waals surface area contributed by atoms with E-state index in [1.54, 1.807) is 18.2 Å². The van der Waals surface area contributed by atoms with Crippen molar-refractivity contribution in [2.45, 2.75) is 33.0 Å². The molecule has 3 heteroatoms. The fourth-order valence-corrected chi connectivity index (χ4v) is 5.52. The fourth-order valence-electron chi connectivity index (χ4n) is 5.52. The van der Waals surface area contributed by atoms with Gasteiger partial charge < -0.3 is 4.42 Å². The molecule has 0 atom stereocenters. The van der Waals surface area contributed by atoms with E-state index in [4.69, 9.17) is 13.5 Å². The lowest BCUT2D eigenvalue weighted by Crippen LogP contribution is -2.16. The SMILES string of the molecule is [2H]C([2H])([2H])c1ccc2oc3ccc(-c4nc5ccccc5n4-c4ccc(-c5ccccc5)cc4C(C)(C)C)cc3c2c1. The van der Waals surface area contributed by atoms with E-state index in [0.29, 0.717) is 16.7 Å². The molecule has 3 nitrogen and oxygen atoms in total. The van der Waals surface area contributed by atoms with Gasteiger partial charge in [-0.05, 0) is 83.6 Å². The lowest BCUT2D eigenvalue weighted by Gasteiger charge is -2.25. The molecule has 190 valence electrons. The van der Waals surface area contributed by atoms with Crippen molar-refractivity contribution in [1.82, 2.24) is 9.55 Å². The molecule has 0 amide bonds. The highest BCUT2D eigenvalue weighted by molar-refractivity contribution is 6.06. The summed E-state index contributed by atoms with van der Waals surface area (Å²) >= 11 is 0. The minimum absolute atomic E-state index is 0.140. The number of benzene rings is 5. The molecule has 0 aliphatic carbocycles. The average molecular weight is 510 g/mol. The molecule has 0 bridgehead atoms. The first kappa shape index (κ1) is 20.3. The molecule has 2 aromatic heterocycles. The maximum absolute atomic E-state index is 7.90. The summed E-state index contributed by atoms with van der Waals surface area (Å²) in [6.45, 7) is 4.53. The van der Waals surface area contributed by atoms with Gasteiger partial charge in [-0.1, -0.05) is 80.9 Å². The maximum atomic E-state index is 7.90. The van der Waals surface area contributed by atoms with Crippen LogP contribution in [-0.2, 0) is 5.41 Å². The van der Waals surface area contributed by atoms with Crippen LogP contribution >= 0.6 is 0 Å². The first-order valence-electron chi connectivity index (χ1n) is 14.7. The third-order valence-corrected chi connectivity index (χ3v) is 7.44. The van der Waals surface area contributed by atoms with E-state index in [9.17, 15) is 0 Å². The van der Waals surface area contributed by atoms with Crippen molar-refractivity contribution in [3.8, 4) is 28.2 Å². The number of rotatable bonds is 3. The molecule has 0 radical (unpaired) electrons. The van der Waals surface area contributed by atoms with Crippen LogP contribution in [0.5, 0.6) is 0 Å². The van der Waals surface area contributed by atoms with E-state index >= 15 is 0 Å². The Hall–Kier alpha value is -4.63. The average Bonchev–Trinajstić information content (AvgIpc) is 3.54. The number of aryl methyl sites for hydroxylation is 1. The highest BCUT2D eigenvalue weighted by Crippen LogP contribution is 2.39. The van der Waals surface area contributed by atoms with Crippen molar-refractivity contribution in [3.63, 3.8) is 0 Å². The summed E-state index contributed by atoms with van der Waals surface area (Å²) in [6, 6.07) is 36.5. The van der Waals surface area contributed by atoms with Crippen LogP contribution in [0, 0.1) is 6.85 Å². The highest BCUT2D eigenvalue weighted by Gasteiger charge is 2.24. The van der Waals surface area contributed by atoms with Crippen LogP contribution in [0.4, 0.5) is 0 Å². The van der Waals surface area contributed by atoms with Crippen LogP contribution in [0.2, 0.25) is 0 Å². The number of hydrogen-bond acceptors (Lipinski definition) is 2. The van der Waals surface area contributed by atoms with Gasteiger partial charge in [0.2, 0.25) is 0 Å². The Balaban J connectivity index is 1.48. The molecule has 7 rings (SSSR count). The second-order valence-corrected chi connectivity index (χ2v) is 11.1. The van der Waals surface area contributed by atoms with Crippen LogP contribution in [-0.4, -0.2) is 9.55 Å². The standard InChI is InChI=1S/C36H30N2O/c1-23-14-18-33-27(20-23)28-21-26(16-19-34(28)39-33)35-37-30-12-8-9-13-32(30)38(35)31-17-15-25(22-29(31)36(2,3)4)24-10-6-5-7-11-24/h5-22H,1-4H3/i1D3. The molecule has 0 aliphatic heterocycles. The maximum Gasteiger partial charge on any atom is 0.145 e. The number of imidazole rings is 1. The van der Waals surface area contributed by atoms with Gasteiger partial charge >= 0.3 is 0 Å². The summed E-state index contributed by atoms with van der Waals surface area (Å²) in [5, 5.41) is 1.65. The van der Waals surface area contributed by atoms with Crippen molar-refractivity contribution >= 4 is 33.0 Å². The number of nitrogens with zero attached hydrogens (tertiary/aromatic N) is 2. The molecule has 0 N–H and O–H groups in total. The number of fused-ring (bicyclic) bond motifs is 4. The van der Waals surface area contributed by atoms with Crippen molar-refractivity contribution in [1.29, 1.82) is 0 Å². The first-order valence-corrected chi connectivity index (χ1v) is 13.2. The number of para-hydroxylation sites is 2. The van der Waals surface area contributed by atoms with Crippen LogP contribution in [0.1, 0.15) is 36.0 Å². The van der Waals surface area contributed by atoms with Crippen molar-refractivity contribution in [3.05, 3.63) is 120 Å². The Labute approximate surface area is 232 Å². The third-order valence-electron chi connectivity index (χ3n) is 7.44. The molecule has 39 heavy (non-hydrogen) atoms. The molecular weight excluding hydrogens is 476 g/mol. The molecule has 0 saturated carbocycles. The molecular formula is C36H30N2O. The van der Waals surface area contributed by atoms with Crippen LogP contribution < -0.4 is 0 Å². The largest absolute Gasteiger partial charge is 0.456 e. The van der Waals surface area contributed by atoms with E-state index in [-0.39, 0.29) is 5.41 Å². The number of furan rings is 1. The van der Waals surface area contributed by atoms with Crippen molar-refractivity contribution in [2.75, 3.05) is 0 Å². The van der Waals surface area contributed by atoms with Gasteiger partial charge in [0.05, 0.1) is 16.7 Å². The van der Waals surface area contributed by atoms with Gasteiger partial charge in [-0.2, -0.15) is 0 Å². The predicted molar refractivity (Wildman–Crippen MR) is 163 cm³/mol. The second-order valence-electron chi connectivity index (χ2n) is 11.1. The van der Waals surface area contributed by atoms with E-state index in [1.165, 1.54) is 16.7 Å². The summed E-state index contributed by atoms with van der Waals surface area (Å²) in [5.74, 6) is 0.817. The van der Waals surface area contributed by atoms with Gasteiger partial charge in [0.25, 0.3) is 0 Å². The minimum Gasteiger partial charge on any atom is -0.456 e. The normalized spacial score (nSPS) is 13.6. The minimum atomic E-state index is -2.20. The van der Waals surface area contributed by atoms with Crippen LogP contribution in [0.25, 0.3) is 61.2 Å². The smallest absolute Gasteiger partial charge is 0.145 e. The Morgan fingerprint density at radius 1 is 0.692 bits per heavy atom. The third kappa shape index (κ3) is 3.93. The van der Waals surface area contributed by atoms with Crippen LogP contribution in [0.3, 0.4) is 0 Å². The van der Waals surface area contributed by atoms with Crippen molar-refractivity contribution in [2.24, 2.45) is 0 Å². The zero-order chi connectivity index (χ0) is 29.2. The molecule has 0 unspecified atom stereocenters. The molecule has 0 aliphatic rings. The lowest BCUT2D eigenvalue weighted by atomic mass is 9.84. The molecule has 0 spiro atoms. The molecule has 5 aromatic carbocycles. The van der Waals surface area contributed by atoms with Gasteiger partial charge in [-0.3, -0.25) is 4.57 Å². The fraction of sp³-hybridized carbons (Fsp3) is 0.139. The zero-order valence-electron chi connectivity index (χ0n) is 25.2. The quantitative estimate of drug-likeness (QED) is 0.237. The van der Waals surface area contributed by atoms with Gasteiger partial charge in [-0.25, -0.2) is 4.98 Å². The second kappa shape index (κ2) is 8.71. The van der Waals surface area contributed by atoms with Gasteiger partial charge in [0.1, 0.15) is 17.0 Å². The monoisotopic (exact) mass is 509 g/mol.